The zero-order chi connectivity index (χ0) is 11.5. The second-order valence-corrected chi connectivity index (χ2v) is 3.84. The summed E-state index contributed by atoms with van der Waals surface area (Å²) in [5, 5.41) is 8.13. The maximum atomic E-state index is 5.97. The van der Waals surface area contributed by atoms with Crippen molar-refractivity contribution in [3.8, 4) is 5.69 Å². The number of hydrogen-bond donors (Lipinski definition) is 1. The first kappa shape index (κ1) is 11.0. The Morgan fingerprint density at radius 2 is 2.31 bits per heavy atom. The van der Waals surface area contributed by atoms with Crippen LogP contribution in [0.25, 0.3) is 5.69 Å². The van der Waals surface area contributed by atoms with Crippen molar-refractivity contribution >= 4 is 17.4 Å². The number of halogens is 1. The number of aromatic nitrogens is 3. The van der Waals surface area contributed by atoms with E-state index < -0.39 is 0 Å². The molecular weight excluding hydrogens is 224 g/mol. The van der Waals surface area contributed by atoms with Gasteiger partial charge in [-0.25, -0.2) is 9.67 Å². The van der Waals surface area contributed by atoms with E-state index in [0.29, 0.717) is 5.02 Å². The van der Waals surface area contributed by atoms with Crippen molar-refractivity contribution in [3.63, 3.8) is 0 Å². The monoisotopic (exact) mass is 236 g/mol. The van der Waals surface area contributed by atoms with Gasteiger partial charge in [0.05, 0.1) is 16.4 Å². The van der Waals surface area contributed by atoms with Crippen molar-refractivity contribution in [2.24, 2.45) is 0 Å². The van der Waals surface area contributed by atoms with E-state index in [1.54, 1.807) is 17.1 Å². The largest absolute Gasteiger partial charge is 0.370 e. The Morgan fingerprint density at radius 3 is 2.94 bits per heavy atom. The Kier molecular flexibility index (Phi) is 3.10. The molecule has 0 unspecified atom stereocenters. The van der Waals surface area contributed by atoms with E-state index in [9.17, 15) is 0 Å². The Bertz CT molecular complexity index is 473. The van der Waals surface area contributed by atoms with E-state index in [4.69, 9.17) is 11.6 Å². The average Bonchev–Trinajstić information content (AvgIpc) is 2.60. The summed E-state index contributed by atoms with van der Waals surface area (Å²) >= 11 is 5.97. The molecule has 0 aliphatic heterocycles. The average molecular weight is 237 g/mol. The van der Waals surface area contributed by atoms with E-state index in [0.717, 1.165) is 23.7 Å². The summed E-state index contributed by atoms with van der Waals surface area (Å²) in [6.45, 7) is 4.75. The minimum atomic E-state index is 0.668. The van der Waals surface area contributed by atoms with Gasteiger partial charge in [-0.3, -0.25) is 0 Å². The van der Waals surface area contributed by atoms with Gasteiger partial charge >= 0.3 is 0 Å². The smallest absolute Gasteiger partial charge is 0.128 e. The van der Waals surface area contributed by atoms with Crippen LogP contribution in [0.1, 0.15) is 12.6 Å². The van der Waals surface area contributed by atoms with Crippen LogP contribution < -0.4 is 5.32 Å². The van der Waals surface area contributed by atoms with Crippen LogP contribution in [0.4, 0.5) is 5.82 Å². The van der Waals surface area contributed by atoms with Crippen LogP contribution in [0.3, 0.4) is 0 Å². The standard InChI is InChI=1S/C11H13ClN4/c1-3-13-11-6-9(4-5-14-11)16-7-10(12)8(2)15-16/h4-7H,3H2,1-2H3,(H,13,14). The number of pyridine rings is 1. The third kappa shape index (κ3) is 2.17. The molecule has 16 heavy (non-hydrogen) atoms. The van der Waals surface area contributed by atoms with E-state index in [-0.39, 0.29) is 0 Å². The molecule has 0 saturated carbocycles. The minimum Gasteiger partial charge on any atom is -0.370 e. The first-order valence-corrected chi connectivity index (χ1v) is 5.50. The molecule has 0 amide bonds. The van der Waals surface area contributed by atoms with Gasteiger partial charge in [0.2, 0.25) is 0 Å². The van der Waals surface area contributed by atoms with Gasteiger partial charge < -0.3 is 5.32 Å². The summed E-state index contributed by atoms with van der Waals surface area (Å²) in [5.74, 6) is 0.837. The molecule has 4 nitrogen and oxygen atoms in total. The summed E-state index contributed by atoms with van der Waals surface area (Å²) < 4.78 is 1.75. The van der Waals surface area contributed by atoms with Gasteiger partial charge in [0, 0.05) is 25.0 Å². The van der Waals surface area contributed by atoms with Crippen molar-refractivity contribution in [2.75, 3.05) is 11.9 Å². The van der Waals surface area contributed by atoms with Crippen LogP contribution in [0, 0.1) is 6.92 Å². The molecule has 0 aliphatic carbocycles. The van der Waals surface area contributed by atoms with Crippen LogP contribution >= 0.6 is 11.6 Å². The van der Waals surface area contributed by atoms with Gasteiger partial charge in [-0.15, -0.1) is 0 Å². The lowest BCUT2D eigenvalue weighted by Crippen LogP contribution is -2.01. The molecule has 2 rings (SSSR count). The van der Waals surface area contributed by atoms with Gasteiger partial charge in [-0.05, 0) is 19.9 Å². The zero-order valence-electron chi connectivity index (χ0n) is 9.24. The summed E-state index contributed by atoms with van der Waals surface area (Å²) in [7, 11) is 0. The summed E-state index contributed by atoms with van der Waals surface area (Å²) in [6, 6.07) is 3.83. The van der Waals surface area contributed by atoms with E-state index in [1.807, 2.05) is 26.0 Å². The highest BCUT2D eigenvalue weighted by atomic mass is 35.5. The van der Waals surface area contributed by atoms with Gasteiger partial charge in [-0.1, -0.05) is 11.6 Å². The highest BCUT2D eigenvalue weighted by Crippen LogP contribution is 2.17. The maximum absolute atomic E-state index is 5.97. The molecule has 0 spiro atoms. The molecule has 2 aromatic heterocycles. The molecule has 0 bridgehead atoms. The first-order valence-electron chi connectivity index (χ1n) is 5.12. The van der Waals surface area contributed by atoms with E-state index in [2.05, 4.69) is 15.4 Å². The molecule has 0 atom stereocenters. The second kappa shape index (κ2) is 4.53. The number of hydrogen-bond acceptors (Lipinski definition) is 3. The Morgan fingerprint density at radius 1 is 1.50 bits per heavy atom. The predicted molar refractivity (Wildman–Crippen MR) is 65.3 cm³/mol. The van der Waals surface area contributed by atoms with Crippen LogP contribution in [0.15, 0.2) is 24.5 Å². The fourth-order valence-corrected chi connectivity index (χ4v) is 1.54. The van der Waals surface area contributed by atoms with Crippen molar-refractivity contribution in [1.82, 2.24) is 14.8 Å². The molecule has 84 valence electrons. The molecule has 2 aromatic rings. The quantitative estimate of drug-likeness (QED) is 0.891. The van der Waals surface area contributed by atoms with Crippen LogP contribution in [-0.4, -0.2) is 21.3 Å². The van der Waals surface area contributed by atoms with Crippen molar-refractivity contribution in [3.05, 3.63) is 35.2 Å². The summed E-state index contributed by atoms with van der Waals surface area (Å²) in [5.41, 5.74) is 1.77. The van der Waals surface area contributed by atoms with Crippen molar-refractivity contribution in [2.45, 2.75) is 13.8 Å². The van der Waals surface area contributed by atoms with Gasteiger partial charge in [-0.2, -0.15) is 5.10 Å². The zero-order valence-corrected chi connectivity index (χ0v) is 9.99. The van der Waals surface area contributed by atoms with Gasteiger partial charge in [0.1, 0.15) is 5.82 Å². The summed E-state index contributed by atoms with van der Waals surface area (Å²) in [6.07, 6.45) is 3.54. The lowest BCUT2D eigenvalue weighted by molar-refractivity contribution is 0.860. The van der Waals surface area contributed by atoms with Gasteiger partial charge in [0.25, 0.3) is 0 Å². The molecule has 1 N–H and O–H groups in total. The molecule has 0 aliphatic rings. The molecular formula is C11H13ClN4. The lowest BCUT2D eigenvalue weighted by Gasteiger charge is -2.05. The highest BCUT2D eigenvalue weighted by molar-refractivity contribution is 6.31. The third-order valence-electron chi connectivity index (χ3n) is 2.20. The van der Waals surface area contributed by atoms with Crippen LogP contribution in [-0.2, 0) is 0 Å². The van der Waals surface area contributed by atoms with Crippen molar-refractivity contribution in [1.29, 1.82) is 0 Å². The number of anilines is 1. The minimum absolute atomic E-state index is 0.668. The Labute approximate surface area is 99.3 Å². The molecule has 0 fully saturated rings. The Hall–Kier alpha value is -1.55. The first-order chi connectivity index (χ1) is 7.70. The van der Waals surface area contributed by atoms with Gasteiger partial charge in [0.15, 0.2) is 0 Å². The number of rotatable bonds is 3. The van der Waals surface area contributed by atoms with Crippen molar-refractivity contribution < 1.29 is 0 Å². The van der Waals surface area contributed by atoms with Crippen LogP contribution in [0.5, 0.6) is 0 Å². The number of nitrogens with zero attached hydrogens (tertiary/aromatic N) is 3. The lowest BCUT2D eigenvalue weighted by atomic mass is 10.4. The fraction of sp³-hybridized carbons (Fsp3) is 0.273. The molecule has 0 radical (unpaired) electrons. The Balaban J connectivity index is 2.36. The van der Waals surface area contributed by atoms with Crippen LogP contribution in [0.2, 0.25) is 5.02 Å². The maximum Gasteiger partial charge on any atom is 0.128 e. The molecule has 2 heterocycles. The number of nitrogens with one attached hydrogen (secondary N) is 1. The number of aryl methyl sites for hydroxylation is 1. The van der Waals surface area contributed by atoms with E-state index in [1.165, 1.54) is 0 Å². The summed E-state index contributed by atoms with van der Waals surface area (Å²) in [4.78, 5) is 4.20. The molecule has 0 saturated heterocycles. The SMILES string of the molecule is CCNc1cc(-n2cc(Cl)c(C)n2)ccn1. The second-order valence-electron chi connectivity index (χ2n) is 3.44. The normalized spacial score (nSPS) is 10.4. The fourth-order valence-electron chi connectivity index (χ4n) is 1.41. The molecule has 5 heteroatoms. The van der Waals surface area contributed by atoms with E-state index >= 15 is 0 Å². The highest BCUT2D eigenvalue weighted by Gasteiger charge is 2.04. The third-order valence-corrected chi connectivity index (χ3v) is 2.58. The molecule has 0 aromatic carbocycles. The topological polar surface area (TPSA) is 42.7 Å². The predicted octanol–water partition coefficient (Wildman–Crippen LogP) is 2.66.